The number of piperidine rings is 1. The van der Waals surface area contributed by atoms with Crippen LogP contribution in [0.5, 0.6) is 0 Å². The van der Waals surface area contributed by atoms with E-state index >= 15 is 0 Å². The molecule has 2 saturated heterocycles. The smallest absolute Gasteiger partial charge is 0.248 e. The molecule has 0 aliphatic carbocycles. The number of hydrogen-bond acceptors (Lipinski definition) is 5. The molecule has 0 radical (unpaired) electrons. The molecule has 1 amide bonds. The molecule has 2 heterocycles. The van der Waals surface area contributed by atoms with Crippen molar-refractivity contribution in [1.29, 1.82) is 0 Å². The van der Waals surface area contributed by atoms with E-state index in [-0.39, 0.29) is 17.6 Å². The molecule has 2 fully saturated rings. The molecule has 2 N–H and O–H groups in total. The van der Waals surface area contributed by atoms with Crippen LogP contribution in [0.3, 0.4) is 0 Å². The lowest BCUT2D eigenvalue weighted by molar-refractivity contribution is -0.136. The number of benzene rings is 1. The van der Waals surface area contributed by atoms with Gasteiger partial charge in [-0.25, -0.2) is 4.39 Å². The highest BCUT2D eigenvalue weighted by atomic mass is 19.1. The van der Waals surface area contributed by atoms with Gasteiger partial charge in [-0.3, -0.25) is 9.69 Å². The van der Waals surface area contributed by atoms with E-state index in [1.54, 1.807) is 17.0 Å². The van der Waals surface area contributed by atoms with Gasteiger partial charge in [-0.05, 0) is 30.9 Å². The van der Waals surface area contributed by atoms with Gasteiger partial charge < -0.3 is 20.0 Å². The van der Waals surface area contributed by atoms with Gasteiger partial charge in [-0.1, -0.05) is 12.1 Å². The Kier molecular flexibility index (Phi) is 6.45. The molecule has 0 bridgehead atoms. The van der Waals surface area contributed by atoms with E-state index in [1.165, 1.54) is 6.07 Å². The van der Waals surface area contributed by atoms with Gasteiger partial charge in [0.15, 0.2) is 0 Å². The molecule has 3 rings (SSSR count). The number of amides is 1. The number of anilines is 1. The summed E-state index contributed by atoms with van der Waals surface area (Å²) in [6.07, 6.45) is 1.12. The minimum Gasteiger partial charge on any atom is -0.392 e. The second kappa shape index (κ2) is 8.79. The standard InChI is InChI=1S/C19H28FN3O3/c20-16-3-1-2-4-17(16)22-11-9-21(10-12-22)13-18(25)15-5-7-23(8-6-15)19(26)14-24/h1-4,15,18,24-25H,5-14H2. The Balaban J connectivity index is 1.43. The normalized spacial score (nSPS) is 21.0. The molecule has 1 unspecified atom stereocenters. The van der Waals surface area contributed by atoms with E-state index in [0.717, 1.165) is 39.0 Å². The number of rotatable bonds is 5. The second-order valence-electron chi connectivity index (χ2n) is 7.18. The maximum absolute atomic E-state index is 13.9. The number of aliphatic hydroxyl groups excluding tert-OH is 2. The highest BCUT2D eigenvalue weighted by Crippen LogP contribution is 2.23. The Hall–Kier alpha value is -1.70. The van der Waals surface area contributed by atoms with Crippen molar-refractivity contribution in [3.8, 4) is 0 Å². The number of β-amino-alcohol motifs (C(OH)–C–C–N with tert-alkyl or cyclic N) is 1. The van der Waals surface area contributed by atoms with Crippen molar-refractivity contribution >= 4 is 11.6 Å². The maximum atomic E-state index is 13.9. The fourth-order valence-electron chi connectivity index (χ4n) is 3.93. The summed E-state index contributed by atoms with van der Waals surface area (Å²) < 4.78 is 13.9. The summed E-state index contributed by atoms with van der Waals surface area (Å²) in [6.45, 7) is 4.46. The second-order valence-corrected chi connectivity index (χ2v) is 7.18. The van der Waals surface area contributed by atoms with Gasteiger partial charge in [-0.15, -0.1) is 0 Å². The summed E-state index contributed by atoms with van der Waals surface area (Å²) in [5.41, 5.74) is 0.647. The highest BCUT2D eigenvalue weighted by molar-refractivity contribution is 5.77. The number of hydrogen-bond donors (Lipinski definition) is 2. The van der Waals surface area contributed by atoms with E-state index in [1.807, 2.05) is 6.07 Å². The fraction of sp³-hybridized carbons (Fsp3) is 0.632. The Morgan fingerprint density at radius 3 is 2.38 bits per heavy atom. The Morgan fingerprint density at radius 1 is 1.12 bits per heavy atom. The summed E-state index contributed by atoms with van der Waals surface area (Å²) in [5.74, 6) is -0.241. The molecule has 0 aromatic heterocycles. The van der Waals surface area contributed by atoms with Crippen LogP contribution in [0, 0.1) is 11.7 Å². The van der Waals surface area contributed by atoms with Crippen LogP contribution in [0.1, 0.15) is 12.8 Å². The third-order valence-electron chi connectivity index (χ3n) is 5.58. The van der Waals surface area contributed by atoms with Gasteiger partial charge in [0, 0.05) is 45.8 Å². The number of halogens is 1. The Morgan fingerprint density at radius 2 is 1.77 bits per heavy atom. The number of carbonyl (C=O) groups is 1. The maximum Gasteiger partial charge on any atom is 0.248 e. The first-order valence-corrected chi connectivity index (χ1v) is 9.37. The lowest BCUT2D eigenvalue weighted by Crippen LogP contribution is -2.51. The molecular weight excluding hydrogens is 337 g/mol. The molecule has 1 atom stereocenters. The largest absolute Gasteiger partial charge is 0.392 e. The number of carbonyl (C=O) groups excluding carboxylic acids is 1. The molecule has 1 aromatic rings. The molecule has 144 valence electrons. The SMILES string of the molecule is O=C(CO)N1CCC(C(O)CN2CCN(c3ccccc3F)CC2)CC1. The lowest BCUT2D eigenvalue weighted by Gasteiger charge is -2.39. The predicted octanol–water partition coefficient (Wildman–Crippen LogP) is 0.539. The molecule has 7 heteroatoms. The molecule has 26 heavy (non-hydrogen) atoms. The van der Waals surface area contributed by atoms with E-state index < -0.39 is 12.7 Å². The summed E-state index contributed by atoms with van der Waals surface area (Å²) in [7, 11) is 0. The molecule has 2 aliphatic heterocycles. The predicted molar refractivity (Wildman–Crippen MR) is 97.4 cm³/mol. The van der Waals surface area contributed by atoms with Crippen molar-refractivity contribution in [2.75, 3.05) is 57.3 Å². The zero-order valence-electron chi connectivity index (χ0n) is 15.1. The van der Waals surface area contributed by atoms with Gasteiger partial charge in [-0.2, -0.15) is 0 Å². The summed E-state index contributed by atoms with van der Waals surface area (Å²) in [4.78, 5) is 17.5. The van der Waals surface area contributed by atoms with Gasteiger partial charge in [0.05, 0.1) is 11.8 Å². The monoisotopic (exact) mass is 365 g/mol. The third-order valence-corrected chi connectivity index (χ3v) is 5.58. The fourth-order valence-corrected chi connectivity index (χ4v) is 3.93. The minimum absolute atomic E-state index is 0.183. The molecular formula is C19H28FN3O3. The number of likely N-dealkylation sites (tertiary alicyclic amines) is 1. The van der Waals surface area contributed by atoms with Gasteiger partial charge >= 0.3 is 0 Å². The quantitative estimate of drug-likeness (QED) is 0.797. The first-order chi connectivity index (χ1) is 12.6. The van der Waals surface area contributed by atoms with Crippen molar-refractivity contribution < 1.29 is 19.4 Å². The Bertz CT molecular complexity index is 599. The third kappa shape index (κ3) is 4.52. The van der Waals surface area contributed by atoms with Crippen molar-refractivity contribution in [3.63, 3.8) is 0 Å². The van der Waals surface area contributed by atoms with E-state index in [9.17, 15) is 14.3 Å². The minimum atomic E-state index is -0.445. The zero-order chi connectivity index (χ0) is 18.5. The molecule has 0 spiro atoms. The van der Waals surface area contributed by atoms with Crippen LogP contribution in [0.15, 0.2) is 24.3 Å². The first-order valence-electron chi connectivity index (χ1n) is 9.37. The van der Waals surface area contributed by atoms with Gasteiger partial charge in [0.1, 0.15) is 12.4 Å². The van der Waals surface area contributed by atoms with E-state index in [2.05, 4.69) is 9.80 Å². The number of piperazine rings is 1. The van der Waals surface area contributed by atoms with Gasteiger partial charge in [0.2, 0.25) is 5.91 Å². The number of aliphatic hydroxyl groups is 2. The summed E-state index contributed by atoms with van der Waals surface area (Å²) in [6, 6.07) is 6.84. The number of nitrogens with zero attached hydrogens (tertiary/aromatic N) is 3. The van der Waals surface area contributed by atoms with Crippen LogP contribution in [0.4, 0.5) is 10.1 Å². The van der Waals surface area contributed by atoms with Crippen LogP contribution in [0.25, 0.3) is 0 Å². The van der Waals surface area contributed by atoms with Crippen molar-refractivity contribution in [3.05, 3.63) is 30.1 Å². The Labute approximate surface area is 153 Å². The van der Waals surface area contributed by atoms with E-state index in [4.69, 9.17) is 5.11 Å². The van der Waals surface area contributed by atoms with Crippen molar-refractivity contribution in [2.45, 2.75) is 18.9 Å². The summed E-state index contributed by atoms with van der Waals surface area (Å²) in [5, 5.41) is 19.5. The lowest BCUT2D eigenvalue weighted by atomic mass is 9.90. The number of para-hydroxylation sites is 1. The zero-order valence-corrected chi connectivity index (χ0v) is 15.1. The summed E-state index contributed by atoms with van der Waals surface area (Å²) >= 11 is 0. The molecule has 6 nitrogen and oxygen atoms in total. The van der Waals surface area contributed by atoms with Crippen LogP contribution >= 0.6 is 0 Å². The van der Waals surface area contributed by atoms with Crippen LogP contribution in [-0.4, -0.2) is 84.4 Å². The molecule has 1 aromatic carbocycles. The van der Waals surface area contributed by atoms with Crippen molar-refractivity contribution in [2.24, 2.45) is 5.92 Å². The van der Waals surface area contributed by atoms with Crippen LogP contribution in [-0.2, 0) is 4.79 Å². The van der Waals surface area contributed by atoms with E-state index in [0.29, 0.717) is 25.3 Å². The highest BCUT2D eigenvalue weighted by Gasteiger charge is 2.29. The van der Waals surface area contributed by atoms with Crippen molar-refractivity contribution in [1.82, 2.24) is 9.80 Å². The van der Waals surface area contributed by atoms with Crippen LogP contribution in [0.2, 0.25) is 0 Å². The average Bonchev–Trinajstić information content (AvgIpc) is 2.68. The topological polar surface area (TPSA) is 67.2 Å². The average molecular weight is 365 g/mol. The van der Waals surface area contributed by atoms with Gasteiger partial charge in [0.25, 0.3) is 0 Å². The molecule has 0 saturated carbocycles. The first kappa shape index (κ1) is 19.1. The van der Waals surface area contributed by atoms with Crippen LogP contribution < -0.4 is 4.90 Å². The molecule has 2 aliphatic rings.